The van der Waals surface area contributed by atoms with E-state index >= 15 is 0 Å². The molecule has 1 saturated carbocycles. The Labute approximate surface area is 156 Å². The SMILES string of the molecule is OCCNC1CCC(/C=N/c2nc(Cl)nc3sc(C(F)(F)F)nc23)CC1. The van der Waals surface area contributed by atoms with Crippen LogP contribution in [-0.4, -0.2) is 45.5 Å². The molecule has 3 rings (SSSR count). The molecule has 2 aromatic rings. The van der Waals surface area contributed by atoms with Crippen LogP contribution in [0.2, 0.25) is 5.28 Å². The molecule has 1 aliphatic rings. The standard InChI is InChI=1S/C15H17ClF3N5OS/c16-14-23-11(10-12(24-14)26-13(22-10)15(17,18)19)21-7-8-1-3-9(4-2-8)20-5-6-25/h7-9,20,25H,1-6H2/b21-7+. The third-order valence-electron chi connectivity index (χ3n) is 4.18. The van der Waals surface area contributed by atoms with E-state index in [1.54, 1.807) is 6.21 Å². The number of hydrogen-bond donors (Lipinski definition) is 2. The van der Waals surface area contributed by atoms with Gasteiger partial charge in [-0.05, 0) is 43.2 Å². The van der Waals surface area contributed by atoms with Crippen molar-refractivity contribution in [2.24, 2.45) is 10.9 Å². The van der Waals surface area contributed by atoms with E-state index in [1.807, 2.05) is 0 Å². The van der Waals surface area contributed by atoms with Gasteiger partial charge in [0.05, 0.1) is 6.61 Å². The lowest BCUT2D eigenvalue weighted by Gasteiger charge is -2.26. The molecule has 2 heterocycles. The smallest absolute Gasteiger partial charge is 0.395 e. The second-order valence-electron chi connectivity index (χ2n) is 6.05. The van der Waals surface area contributed by atoms with Crippen LogP contribution in [0.15, 0.2) is 4.99 Å². The summed E-state index contributed by atoms with van der Waals surface area (Å²) < 4.78 is 38.6. The van der Waals surface area contributed by atoms with Crippen LogP contribution in [0.4, 0.5) is 19.0 Å². The van der Waals surface area contributed by atoms with Crippen LogP contribution in [0, 0.1) is 5.92 Å². The maximum Gasteiger partial charge on any atom is 0.443 e. The summed E-state index contributed by atoms with van der Waals surface area (Å²) in [4.78, 5) is 15.7. The zero-order chi connectivity index (χ0) is 18.7. The molecule has 0 aromatic carbocycles. The molecule has 2 aromatic heterocycles. The highest BCUT2D eigenvalue weighted by Crippen LogP contribution is 2.37. The highest BCUT2D eigenvalue weighted by atomic mass is 35.5. The third kappa shape index (κ3) is 4.67. The summed E-state index contributed by atoms with van der Waals surface area (Å²) in [5.41, 5.74) is 0.0151. The van der Waals surface area contributed by atoms with Gasteiger partial charge in [0.15, 0.2) is 10.6 Å². The van der Waals surface area contributed by atoms with E-state index in [1.165, 1.54) is 0 Å². The molecule has 2 N–H and O–H groups in total. The van der Waals surface area contributed by atoms with Crippen LogP contribution in [0.5, 0.6) is 0 Å². The van der Waals surface area contributed by atoms with Gasteiger partial charge in [-0.2, -0.15) is 18.2 Å². The molecule has 1 fully saturated rings. The Morgan fingerprint density at radius 3 is 2.62 bits per heavy atom. The molecule has 0 amide bonds. The molecule has 11 heteroatoms. The summed E-state index contributed by atoms with van der Waals surface area (Å²) in [6, 6.07) is 0.375. The van der Waals surface area contributed by atoms with Crippen molar-refractivity contribution >= 4 is 45.3 Å². The average molecular weight is 408 g/mol. The van der Waals surface area contributed by atoms with Gasteiger partial charge in [0.1, 0.15) is 5.52 Å². The molecule has 0 saturated heterocycles. The summed E-state index contributed by atoms with van der Waals surface area (Å²) in [5, 5.41) is 11.0. The lowest BCUT2D eigenvalue weighted by molar-refractivity contribution is -0.137. The summed E-state index contributed by atoms with van der Waals surface area (Å²) in [6.45, 7) is 0.686. The van der Waals surface area contributed by atoms with Crippen molar-refractivity contribution in [1.29, 1.82) is 0 Å². The van der Waals surface area contributed by atoms with Crippen molar-refractivity contribution in [1.82, 2.24) is 20.3 Å². The number of aliphatic imine (C=N–C) groups is 1. The van der Waals surface area contributed by atoms with E-state index in [4.69, 9.17) is 16.7 Å². The Bertz CT molecular complexity index is 789. The average Bonchev–Trinajstić information content (AvgIpc) is 3.03. The quantitative estimate of drug-likeness (QED) is 0.584. The summed E-state index contributed by atoms with van der Waals surface area (Å²) in [7, 11) is 0. The highest BCUT2D eigenvalue weighted by Gasteiger charge is 2.36. The number of fused-ring (bicyclic) bond motifs is 1. The van der Waals surface area contributed by atoms with Gasteiger partial charge in [0, 0.05) is 18.8 Å². The largest absolute Gasteiger partial charge is 0.443 e. The fourth-order valence-electron chi connectivity index (χ4n) is 2.91. The predicted octanol–water partition coefficient (Wildman–Crippen LogP) is 3.60. The van der Waals surface area contributed by atoms with Crippen molar-refractivity contribution in [3.63, 3.8) is 0 Å². The lowest BCUT2D eigenvalue weighted by atomic mass is 9.87. The van der Waals surface area contributed by atoms with Gasteiger partial charge in [-0.15, -0.1) is 0 Å². The van der Waals surface area contributed by atoms with E-state index in [9.17, 15) is 13.2 Å². The molecular formula is C15H17ClF3N5OS. The number of alkyl halides is 3. The number of aromatic nitrogens is 3. The van der Waals surface area contributed by atoms with Gasteiger partial charge in [-0.3, -0.25) is 0 Å². The minimum atomic E-state index is -4.54. The van der Waals surface area contributed by atoms with Gasteiger partial charge in [-0.25, -0.2) is 15.0 Å². The van der Waals surface area contributed by atoms with Crippen molar-refractivity contribution in [2.75, 3.05) is 13.2 Å². The van der Waals surface area contributed by atoms with E-state index in [0.717, 1.165) is 25.7 Å². The van der Waals surface area contributed by atoms with Crippen molar-refractivity contribution < 1.29 is 18.3 Å². The van der Waals surface area contributed by atoms with E-state index in [0.29, 0.717) is 23.9 Å². The molecule has 0 unspecified atom stereocenters. The fraction of sp³-hybridized carbons (Fsp3) is 0.600. The third-order valence-corrected chi connectivity index (χ3v) is 5.34. The fourth-order valence-corrected chi connectivity index (χ4v) is 3.93. The second-order valence-corrected chi connectivity index (χ2v) is 7.37. The summed E-state index contributed by atoms with van der Waals surface area (Å²) in [6.07, 6.45) is 0.877. The first-order valence-corrected chi connectivity index (χ1v) is 9.36. The van der Waals surface area contributed by atoms with Crippen molar-refractivity contribution in [2.45, 2.75) is 37.9 Å². The van der Waals surface area contributed by atoms with Crippen molar-refractivity contribution in [3.05, 3.63) is 10.3 Å². The highest BCUT2D eigenvalue weighted by molar-refractivity contribution is 7.18. The number of aliphatic hydroxyl groups is 1. The van der Waals surface area contributed by atoms with Gasteiger partial charge in [-0.1, -0.05) is 11.3 Å². The van der Waals surface area contributed by atoms with Gasteiger partial charge < -0.3 is 10.4 Å². The first-order valence-electron chi connectivity index (χ1n) is 8.16. The van der Waals surface area contributed by atoms with Gasteiger partial charge in [0.25, 0.3) is 0 Å². The zero-order valence-electron chi connectivity index (χ0n) is 13.6. The molecule has 1 aliphatic carbocycles. The maximum atomic E-state index is 12.9. The first kappa shape index (κ1) is 19.4. The number of nitrogens with one attached hydrogen (secondary N) is 1. The van der Waals surface area contributed by atoms with E-state index in [2.05, 4.69) is 25.3 Å². The molecule has 0 bridgehead atoms. The minimum Gasteiger partial charge on any atom is -0.395 e. The predicted molar refractivity (Wildman–Crippen MR) is 94.2 cm³/mol. The normalized spacial score (nSPS) is 21.7. The molecule has 0 atom stereocenters. The molecule has 6 nitrogen and oxygen atoms in total. The van der Waals surface area contributed by atoms with Crippen LogP contribution in [0.25, 0.3) is 10.3 Å². The number of halogens is 4. The number of aliphatic hydroxyl groups excluding tert-OH is 1. The minimum absolute atomic E-state index is 0.0151. The van der Waals surface area contributed by atoms with E-state index < -0.39 is 11.2 Å². The number of nitrogens with zero attached hydrogens (tertiary/aromatic N) is 4. The zero-order valence-corrected chi connectivity index (χ0v) is 15.2. The maximum absolute atomic E-state index is 12.9. The summed E-state index contributed by atoms with van der Waals surface area (Å²) in [5.74, 6) is 0.277. The van der Waals surface area contributed by atoms with Crippen LogP contribution in [0.1, 0.15) is 30.7 Å². The number of hydrogen-bond acceptors (Lipinski definition) is 7. The monoisotopic (exact) mass is 407 g/mol. The molecule has 0 aliphatic heterocycles. The Hall–Kier alpha value is -1.36. The van der Waals surface area contributed by atoms with Crippen LogP contribution < -0.4 is 5.32 Å². The second kappa shape index (κ2) is 8.12. The molecule has 0 spiro atoms. The molecular weight excluding hydrogens is 391 g/mol. The molecule has 26 heavy (non-hydrogen) atoms. The van der Waals surface area contributed by atoms with Gasteiger partial charge >= 0.3 is 6.18 Å². The number of rotatable bonds is 5. The summed E-state index contributed by atoms with van der Waals surface area (Å²) >= 11 is 6.24. The topological polar surface area (TPSA) is 83.3 Å². The van der Waals surface area contributed by atoms with Gasteiger partial charge in [0.2, 0.25) is 10.3 Å². The Morgan fingerprint density at radius 2 is 1.96 bits per heavy atom. The molecule has 142 valence electrons. The van der Waals surface area contributed by atoms with Crippen LogP contribution in [0.3, 0.4) is 0 Å². The lowest BCUT2D eigenvalue weighted by Crippen LogP contribution is -2.35. The van der Waals surface area contributed by atoms with Crippen LogP contribution in [-0.2, 0) is 6.18 Å². The molecule has 0 radical (unpaired) electrons. The number of thiazole rings is 1. The Kier molecular flexibility index (Phi) is 6.06. The van der Waals surface area contributed by atoms with Crippen molar-refractivity contribution in [3.8, 4) is 0 Å². The Balaban J connectivity index is 1.74. The van der Waals surface area contributed by atoms with E-state index in [-0.39, 0.29) is 34.0 Å². The van der Waals surface area contributed by atoms with Crippen LogP contribution >= 0.6 is 22.9 Å². The first-order chi connectivity index (χ1) is 12.4. The Morgan fingerprint density at radius 1 is 1.23 bits per heavy atom.